The fourth-order valence-corrected chi connectivity index (χ4v) is 3.56. The third kappa shape index (κ3) is 4.16. The van der Waals surface area contributed by atoms with Crippen molar-refractivity contribution < 1.29 is 18.7 Å². The minimum absolute atomic E-state index is 0.235. The molecule has 0 saturated carbocycles. The third-order valence-corrected chi connectivity index (χ3v) is 5.04. The topological polar surface area (TPSA) is 43.4 Å². The predicted octanol–water partition coefficient (Wildman–Crippen LogP) is 4.71. The summed E-state index contributed by atoms with van der Waals surface area (Å²) < 4.78 is 18.4. The van der Waals surface area contributed by atoms with Gasteiger partial charge in [0.25, 0.3) is 0 Å². The van der Waals surface area contributed by atoms with E-state index in [0.29, 0.717) is 6.42 Å². The second-order valence-electron chi connectivity index (χ2n) is 6.71. The summed E-state index contributed by atoms with van der Waals surface area (Å²) in [6.45, 7) is 4.05. The predicted molar refractivity (Wildman–Crippen MR) is 103 cm³/mol. The first kappa shape index (κ1) is 19.0. The number of benzene rings is 2. The van der Waals surface area contributed by atoms with Crippen molar-refractivity contribution in [3.8, 4) is 0 Å². The molecule has 2 aromatic rings. The Morgan fingerprint density at radius 2 is 1.74 bits per heavy atom. The normalized spacial score (nSPS) is 19.5. The van der Waals surface area contributed by atoms with Crippen LogP contribution in [0.4, 0.5) is 4.39 Å². The third-order valence-electron chi connectivity index (χ3n) is 5.04. The molecule has 0 spiro atoms. The summed E-state index contributed by atoms with van der Waals surface area (Å²) in [5, 5.41) is 0. The lowest BCUT2D eigenvalue weighted by molar-refractivity contribution is -0.151. The zero-order valence-corrected chi connectivity index (χ0v) is 15.6. The summed E-state index contributed by atoms with van der Waals surface area (Å²) in [5.41, 5.74) is 3.74. The van der Waals surface area contributed by atoms with Crippen LogP contribution >= 0.6 is 0 Å². The van der Waals surface area contributed by atoms with Crippen molar-refractivity contribution >= 4 is 17.3 Å². The molecule has 3 nitrogen and oxygen atoms in total. The van der Waals surface area contributed by atoms with Gasteiger partial charge in [-0.05, 0) is 60.2 Å². The van der Waals surface area contributed by atoms with Crippen LogP contribution in [0.15, 0.2) is 54.6 Å². The number of halogens is 1. The molecule has 0 aromatic heterocycles. The summed E-state index contributed by atoms with van der Waals surface area (Å²) in [4.78, 5) is 25.3. The smallest absolute Gasteiger partial charge is 0.317 e. The molecule has 3 rings (SSSR count). The summed E-state index contributed by atoms with van der Waals surface area (Å²) in [5.74, 6) is -2.21. The van der Waals surface area contributed by atoms with Crippen LogP contribution in [0.3, 0.4) is 0 Å². The van der Waals surface area contributed by atoms with Gasteiger partial charge in [0.05, 0.1) is 6.61 Å². The maximum Gasteiger partial charge on any atom is 0.317 e. The van der Waals surface area contributed by atoms with Crippen molar-refractivity contribution in [3.63, 3.8) is 0 Å². The van der Waals surface area contributed by atoms with Gasteiger partial charge >= 0.3 is 5.97 Å². The molecule has 0 unspecified atom stereocenters. The second kappa shape index (κ2) is 8.30. The molecule has 1 aliphatic rings. The molecular weight excluding hydrogens is 343 g/mol. The quantitative estimate of drug-likeness (QED) is 0.569. The van der Waals surface area contributed by atoms with Gasteiger partial charge in [-0.2, -0.15) is 0 Å². The van der Waals surface area contributed by atoms with Gasteiger partial charge in [-0.15, -0.1) is 0 Å². The summed E-state index contributed by atoms with van der Waals surface area (Å²) >= 11 is 0. The number of hydrogen-bond donors (Lipinski definition) is 0. The van der Waals surface area contributed by atoms with Gasteiger partial charge in [0, 0.05) is 5.92 Å². The second-order valence-corrected chi connectivity index (χ2v) is 6.71. The van der Waals surface area contributed by atoms with Crippen LogP contribution in [0, 0.1) is 11.7 Å². The summed E-state index contributed by atoms with van der Waals surface area (Å²) in [7, 11) is 0. The molecule has 0 heterocycles. The van der Waals surface area contributed by atoms with E-state index in [2.05, 4.69) is 6.92 Å². The molecule has 27 heavy (non-hydrogen) atoms. The Hall–Kier alpha value is -2.75. The number of carbonyl (C=O) groups is 2. The number of esters is 1. The summed E-state index contributed by atoms with van der Waals surface area (Å²) in [6.07, 6.45) is 2.95. The number of allylic oxidation sites excluding steroid dienone is 2. The molecular formula is C23H23FO3. The molecule has 0 aliphatic heterocycles. The molecule has 0 N–H and O–H groups in total. The van der Waals surface area contributed by atoms with E-state index in [1.54, 1.807) is 19.1 Å². The maximum atomic E-state index is 13.2. The lowest BCUT2D eigenvalue weighted by Crippen LogP contribution is -2.34. The Kier molecular flexibility index (Phi) is 5.84. The van der Waals surface area contributed by atoms with Crippen molar-refractivity contribution in [3.05, 3.63) is 77.1 Å². The van der Waals surface area contributed by atoms with Gasteiger partial charge < -0.3 is 4.74 Å². The average Bonchev–Trinajstić information content (AvgIpc) is 2.68. The Morgan fingerprint density at radius 3 is 2.33 bits per heavy atom. The molecule has 2 atom stereocenters. The van der Waals surface area contributed by atoms with Gasteiger partial charge in [0.2, 0.25) is 0 Å². The Balaban J connectivity index is 1.99. The van der Waals surface area contributed by atoms with Crippen molar-refractivity contribution in [2.45, 2.75) is 32.6 Å². The Morgan fingerprint density at radius 1 is 1.07 bits per heavy atom. The zero-order valence-electron chi connectivity index (χ0n) is 15.6. The summed E-state index contributed by atoms with van der Waals surface area (Å²) in [6, 6.07) is 14.1. The molecule has 140 valence electrons. The number of carbonyl (C=O) groups excluding carboxylic acids is 2. The van der Waals surface area contributed by atoms with Gasteiger partial charge in [-0.1, -0.05) is 43.3 Å². The zero-order chi connectivity index (χ0) is 19.4. The first-order chi connectivity index (χ1) is 13.0. The molecule has 0 fully saturated rings. The molecule has 0 radical (unpaired) electrons. The van der Waals surface area contributed by atoms with E-state index in [1.165, 1.54) is 23.8 Å². The van der Waals surface area contributed by atoms with E-state index >= 15 is 0 Å². The number of ether oxygens (including phenoxy) is 1. The Labute approximate surface area is 158 Å². The van der Waals surface area contributed by atoms with Crippen LogP contribution in [0.2, 0.25) is 0 Å². The van der Waals surface area contributed by atoms with Gasteiger partial charge in [-0.3, -0.25) is 9.59 Å². The fourth-order valence-electron chi connectivity index (χ4n) is 3.56. The van der Waals surface area contributed by atoms with E-state index in [-0.39, 0.29) is 24.1 Å². The van der Waals surface area contributed by atoms with Crippen LogP contribution in [0.25, 0.3) is 5.57 Å². The van der Waals surface area contributed by atoms with Crippen molar-refractivity contribution in [2.24, 2.45) is 5.92 Å². The fraction of sp³-hybridized carbons (Fsp3) is 0.304. The monoisotopic (exact) mass is 366 g/mol. The molecule has 0 bridgehead atoms. The van der Waals surface area contributed by atoms with Crippen LogP contribution in [0.5, 0.6) is 0 Å². The highest BCUT2D eigenvalue weighted by Crippen LogP contribution is 2.40. The molecule has 0 amide bonds. The van der Waals surface area contributed by atoms with Crippen LogP contribution in [-0.4, -0.2) is 18.4 Å². The highest BCUT2D eigenvalue weighted by molar-refractivity contribution is 6.10. The SMILES string of the molecule is CCOC(=O)[C@H]1C(=O)C=C(c2ccc(F)cc2)C[C@H]1c1ccc(CC)cc1. The standard InChI is InChI=1S/C23H23FO3/c1-3-15-5-7-17(8-6-15)20-13-18(16-9-11-19(24)12-10-16)14-21(25)22(20)23(26)27-4-2/h5-12,14,20,22H,3-4,13H2,1-2H3/t20-,22+/m0/s1. The van der Waals surface area contributed by atoms with Gasteiger partial charge in [0.1, 0.15) is 11.7 Å². The highest BCUT2D eigenvalue weighted by Gasteiger charge is 2.39. The number of hydrogen-bond acceptors (Lipinski definition) is 3. The lowest BCUT2D eigenvalue weighted by Gasteiger charge is -2.29. The molecule has 2 aromatic carbocycles. The van der Waals surface area contributed by atoms with E-state index in [9.17, 15) is 14.0 Å². The molecule has 4 heteroatoms. The number of rotatable bonds is 5. The first-order valence-electron chi connectivity index (χ1n) is 9.29. The molecule has 0 saturated heterocycles. The first-order valence-corrected chi connectivity index (χ1v) is 9.29. The highest BCUT2D eigenvalue weighted by atomic mass is 19.1. The Bertz CT molecular complexity index is 850. The van der Waals surface area contributed by atoms with Crippen molar-refractivity contribution in [1.29, 1.82) is 0 Å². The van der Waals surface area contributed by atoms with Crippen LogP contribution in [-0.2, 0) is 20.7 Å². The van der Waals surface area contributed by atoms with E-state index in [0.717, 1.165) is 23.1 Å². The number of aryl methyl sites for hydroxylation is 1. The molecule has 1 aliphatic carbocycles. The minimum Gasteiger partial charge on any atom is -0.465 e. The minimum atomic E-state index is -0.846. The van der Waals surface area contributed by atoms with E-state index in [1.807, 2.05) is 24.3 Å². The maximum absolute atomic E-state index is 13.2. The largest absolute Gasteiger partial charge is 0.465 e. The van der Waals surface area contributed by atoms with Gasteiger partial charge in [-0.25, -0.2) is 4.39 Å². The van der Waals surface area contributed by atoms with Gasteiger partial charge in [0.15, 0.2) is 5.78 Å². The van der Waals surface area contributed by atoms with E-state index < -0.39 is 11.9 Å². The van der Waals surface area contributed by atoms with Crippen LogP contribution < -0.4 is 0 Å². The van der Waals surface area contributed by atoms with Crippen molar-refractivity contribution in [1.82, 2.24) is 0 Å². The average molecular weight is 366 g/mol. The number of ketones is 1. The van der Waals surface area contributed by atoms with E-state index in [4.69, 9.17) is 4.74 Å². The van der Waals surface area contributed by atoms with Crippen LogP contribution in [0.1, 0.15) is 42.9 Å². The lowest BCUT2D eigenvalue weighted by atomic mass is 9.73. The van der Waals surface area contributed by atoms with Crippen molar-refractivity contribution in [2.75, 3.05) is 6.61 Å².